The van der Waals surface area contributed by atoms with Crippen LogP contribution in [0.1, 0.15) is 33.1 Å². The second-order valence-electron chi connectivity index (χ2n) is 8.37. The first-order valence-electron chi connectivity index (χ1n) is 11.1. The minimum atomic E-state index is -1.21. The van der Waals surface area contributed by atoms with Crippen LogP contribution in [0.4, 0.5) is 5.82 Å². The number of carbonyl (C=O) groups excluding carboxylic acids is 1. The number of nitrogens with one attached hydrogen (secondary N) is 1. The monoisotopic (exact) mass is 452 g/mol. The average molecular weight is 453 g/mol. The number of ether oxygens (including phenoxy) is 1. The minimum Gasteiger partial charge on any atom is -0.476 e. The van der Waals surface area contributed by atoms with E-state index in [0.717, 1.165) is 36.4 Å². The first-order valence-corrected chi connectivity index (χ1v) is 11.1. The molecule has 1 N–H and O–H groups in total. The summed E-state index contributed by atoms with van der Waals surface area (Å²) in [6, 6.07) is 8.24. The van der Waals surface area contributed by atoms with Crippen molar-refractivity contribution in [1.29, 1.82) is 0 Å². The van der Waals surface area contributed by atoms with Gasteiger partial charge in [0.05, 0.1) is 12.8 Å². The van der Waals surface area contributed by atoms with Crippen molar-refractivity contribution >= 4 is 11.7 Å². The standard InChI is InChI=1S/C23H28N6O4/c1-23(2,29-21(30)9-8-17(27-29)18-7-6-13-32-18)22(31)24-10-14-33-20-15-19(25-16-26-20)28-11-4-3-5-12-28/h6-9,13,15-16H,3-5,10-12,14H2,1-2H3,(H,24,31). The molecule has 3 aromatic heterocycles. The van der Waals surface area contributed by atoms with E-state index in [1.54, 1.807) is 32.0 Å². The highest BCUT2D eigenvalue weighted by atomic mass is 16.5. The molecule has 1 aliphatic rings. The van der Waals surface area contributed by atoms with Gasteiger partial charge in [0.2, 0.25) is 11.8 Å². The van der Waals surface area contributed by atoms with Crippen LogP contribution < -0.4 is 20.5 Å². The van der Waals surface area contributed by atoms with Crippen molar-refractivity contribution in [3.8, 4) is 17.3 Å². The van der Waals surface area contributed by atoms with Gasteiger partial charge in [-0.2, -0.15) is 5.10 Å². The van der Waals surface area contributed by atoms with Gasteiger partial charge in [-0.25, -0.2) is 14.6 Å². The molecular formula is C23H28N6O4. The zero-order valence-electron chi connectivity index (χ0n) is 18.9. The van der Waals surface area contributed by atoms with Crippen molar-refractivity contribution in [3.63, 3.8) is 0 Å². The molecule has 0 saturated carbocycles. The van der Waals surface area contributed by atoms with E-state index in [9.17, 15) is 9.59 Å². The predicted octanol–water partition coefficient (Wildman–Crippen LogP) is 2.21. The number of anilines is 1. The number of hydrogen-bond acceptors (Lipinski definition) is 8. The van der Waals surface area contributed by atoms with Crippen molar-refractivity contribution < 1.29 is 13.9 Å². The Kier molecular flexibility index (Phi) is 6.71. The number of piperidine rings is 1. The lowest BCUT2D eigenvalue weighted by Crippen LogP contribution is -2.50. The topological polar surface area (TPSA) is 115 Å². The van der Waals surface area contributed by atoms with Crippen LogP contribution in [-0.2, 0) is 10.3 Å². The maximum Gasteiger partial charge on any atom is 0.267 e. The highest BCUT2D eigenvalue weighted by molar-refractivity contribution is 5.83. The van der Waals surface area contributed by atoms with Crippen LogP contribution in [0.15, 0.2) is 52.1 Å². The molecule has 3 aromatic rings. The molecule has 33 heavy (non-hydrogen) atoms. The van der Waals surface area contributed by atoms with Gasteiger partial charge < -0.3 is 19.4 Å². The highest BCUT2D eigenvalue weighted by Gasteiger charge is 2.32. The van der Waals surface area contributed by atoms with E-state index < -0.39 is 5.54 Å². The fraction of sp³-hybridized carbons (Fsp3) is 0.435. The number of hydrogen-bond donors (Lipinski definition) is 1. The number of furan rings is 1. The number of amides is 1. The Balaban J connectivity index is 1.34. The summed E-state index contributed by atoms with van der Waals surface area (Å²) in [5, 5.41) is 7.14. The lowest BCUT2D eigenvalue weighted by molar-refractivity contribution is -0.129. The van der Waals surface area contributed by atoms with Gasteiger partial charge in [-0.1, -0.05) is 0 Å². The summed E-state index contributed by atoms with van der Waals surface area (Å²) in [5.74, 6) is 1.48. The van der Waals surface area contributed by atoms with Gasteiger partial charge in [0.25, 0.3) is 5.56 Å². The molecule has 0 unspecified atom stereocenters. The molecular weight excluding hydrogens is 424 g/mol. The molecule has 174 valence electrons. The zero-order chi connectivity index (χ0) is 23.3. The summed E-state index contributed by atoms with van der Waals surface area (Å²) in [6.07, 6.45) is 6.58. The van der Waals surface area contributed by atoms with E-state index in [0.29, 0.717) is 17.3 Å². The normalized spacial score (nSPS) is 14.2. The maximum absolute atomic E-state index is 12.9. The molecule has 0 aliphatic carbocycles. The summed E-state index contributed by atoms with van der Waals surface area (Å²) in [7, 11) is 0. The first kappa shape index (κ1) is 22.5. The molecule has 0 aromatic carbocycles. The molecule has 1 aliphatic heterocycles. The number of rotatable bonds is 8. The van der Waals surface area contributed by atoms with Crippen LogP contribution >= 0.6 is 0 Å². The second-order valence-corrected chi connectivity index (χ2v) is 8.37. The van der Waals surface area contributed by atoms with Crippen molar-refractivity contribution in [2.24, 2.45) is 0 Å². The van der Waals surface area contributed by atoms with Crippen LogP contribution in [0.5, 0.6) is 5.88 Å². The molecule has 4 rings (SSSR count). The van der Waals surface area contributed by atoms with Gasteiger partial charge in [0.15, 0.2) is 5.76 Å². The van der Waals surface area contributed by atoms with Gasteiger partial charge in [0.1, 0.15) is 30.0 Å². The quantitative estimate of drug-likeness (QED) is 0.517. The Morgan fingerprint density at radius 1 is 1.18 bits per heavy atom. The summed E-state index contributed by atoms with van der Waals surface area (Å²) >= 11 is 0. The Morgan fingerprint density at radius 2 is 2.00 bits per heavy atom. The van der Waals surface area contributed by atoms with Crippen molar-refractivity contribution in [3.05, 3.63) is 53.3 Å². The van der Waals surface area contributed by atoms with E-state index in [4.69, 9.17) is 9.15 Å². The van der Waals surface area contributed by atoms with Gasteiger partial charge in [-0.05, 0) is 51.3 Å². The van der Waals surface area contributed by atoms with E-state index in [-0.39, 0.29) is 24.6 Å². The molecule has 0 radical (unpaired) electrons. The molecule has 0 spiro atoms. The molecule has 10 nitrogen and oxygen atoms in total. The summed E-state index contributed by atoms with van der Waals surface area (Å²) in [5.41, 5.74) is -1.12. The van der Waals surface area contributed by atoms with Crippen molar-refractivity contribution in [2.75, 3.05) is 31.1 Å². The van der Waals surface area contributed by atoms with Crippen LogP contribution in [0.2, 0.25) is 0 Å². The Morgan fingerprint density at radius 3 is 2.76 bits per heavy atom. The number of nitrogens with zero attached hydrogens (tertiary/aromatic N) is 5. The van der Waals surface area contributed by atoms with Crippen LogP contribution in [0.25, 0.3) is 11.5 Å². The lowest BCUT2D eigenvalue weighted by atomic mass is 10.0. The average Bonchev–Trinajstić information content (AvgIpc) is 3.38. The van der Waals surface area contributed by atoms with Crippen molar-refractivity contribution in [1.82, 2.24) is 25.1 Å². The van der Waals surface area contributed by atoms with Gasteiger partial charge in [-0.15, -0.1) is 0 Å². The smallest absolute Gasteiger partial charge is 0.267 e. The second kappa shape index (κ2) is 9.85. The highest BCUT2D eigenvalue weighted by Crippen LogP contribution is 2.20. The zero-order valence-corrected chi connectivity index (χ0v) is 18.9. The third-order valence-electron chi connectivity index (χ3n) is 5.60. The minimum absolute atomic E-state index is 0.229. The fourth-order valence-corrected chi connectivity index (χ4v) is 3.70. The van der Waals surface area contributed by atoms with Gasteiger partial charge in [0, 0.05) is 25.2 Å². The van der Waals surface area contributed by atoms with E-state index in [1.165, 1.54) is 25.1 Å². The van der Waals surface area contributed by atoms with Crippen LogP contribution in [0, 0.1) is 0 Å². The van der Waals surface area contributed by atoms with E-state index in [1.807, 2.05) is 6.07 Å². The number of carbonyl (C=O) groups is 1. The Bertz CT molecular complexity index is 1140. The molecule has 1 fully saturated rings. The van der Waals surface area contributed by atoms with Crippen LogP contribution in [-0.4, -0.2) is 51.9 Å². The van der Waals surface area contributed by atoms with Gasteiger partial charge in [-0.3, -0.25) is 9.59 Å². The maximum atomic E-state index is 12.9. The van der Waals surface area contributed by atoms with E-state index in [2.05, 4.69) is 25.3 Å². The molecule has 0 bridgehead atoms. The summed E-state index contributed by atoms with van der Waals surface area (Å²) in [4.78, 5) is 36.0. The largest absolute Gasteiger partial charge is 0.476 e. The Hall–Kier alpha value is -3.69. The number of aromatic nitrogens is 4. The fourth-order valence-electron chi connectivity index (χ4n) is 3.70. The lowest BCUT2D eigenvalue weighted by Gasteiger charge is -2.27. The third-order valence-corrected chi connectivity index (χ3v) is 5.60. The van der Waals surface area contributed by atoms with Crippen LogP contribution in [0.3, 0.4) is 0 Å². The predicted molar refractivity (Wildman–Crippen MR) is 122 cm³/mol. The summed E-state index contributed by atoms with van der Waals surface area (Å²) < 4.78 is 12.2. The molecule has 10 heteroatoms. The third kappa shape index (κ3) is 5.21. The Labute approximate surface area is 191 Å². The molecule has 1 amide bonds. The molecule has 1 saturated heterocycles. The SMILES string of the molecule is CC(C)(C(=O)NCCOc1cc(N2CCCCC2)ncn1)n1nc(-c2ccco2)ccc1=O. The first-order chi connectivity index (χ1) is 15.9. The van der Waals surface area contributed by atoms with Crippen molar-refractivity contribution in [2.45, 2.75) is 38.6 Å². The molecule has 0 atom stereocenters. The van der Waals surface area contributed by atoms with E-state index >= 15 is 0 Å². The van der Waals surface area contributed by atoms with Gasteiger partial charge >= 0.3 is 0 Å². The molecule has 4 heterocycles. The summed E-state index contributed by atoms with van der Waals surface area (Å²) in [6.45, 7) is 5.72.